The molecule has 3 aliphatic heterocycles. The molecule has 0 bridgehead atoms. The highest BCUT2D eigenvalue weighted by Gasteiger charge is 2.65. The maximum absolute atomic E-state index is 13.4. The maximum Gasteiger partial charge on any atom is 0.442 e. The van der Waals surface area contributed by atoms with Gasteiger partial charge in [0.15, 0.2) is 0 Å². The highest BCUT2D eigenvalue weighted by molar-refractivity contribution is 8.01. The number of alkyl halides is 6. The van der Waals surface area contributed by atoms with Crippen molar-refractivity contribution in [1.82, 2.24) is 0 Å². The van der Waals surface area contributed by atoms with Gasteiger partial charge in [0.2, 0.25) is 5.66 Å². The van der Waals surface area contributed by atoms with Crippen LogP contribution in [0.25, 0.3) is 0 Å². The fourth-order valence-electron chi connectivity index (χ4n) is 4.56. The van der Waals surface area contributed by atoms with E-state index < -0.39 is 29.3 Å². The van der Waals surface area contributed by atoms with Crippen molar-refractivity contribution in [2.45, 2.75) is 65.6 Å². The number of benzene rings is 4. The van der Waals surface area contributed by atoms with Gasteiger partial charge in [0.1, 0.15) is 0 Å². The van der Waals surface area contributed by atoms with Gasteiger partial charge in [0.25, 0.3) is 0 Å². The van der Waals surface area contributed by atoms with Crippen molar-refractivity contribution in [2.24, 2.45) is 30.7 Å². The Morgan fingerprint density at radius 1 is 0.422 bits per heavy atom. The van der Waals surface area contributed by atoms with Crippen molar-refractivity contribution < 1.29 is 26.3 Å². The Kier molecular flexibility index (Phi) is 6.95. The number of hydrogen-bond donors (Lipinski definition) is 0. The molecule has 0 unspecified atom stereocenters. The number of nitrogens with zero attached hydrogens (tertiary/aromatic N) is 6. The van der Waals surface area contributed by atoms with Crippen LogP contribution in [0.4, 0.5) is 26.3 Å². The Morgan fingerprint density at radius 2 is 0.711 bits per heavy atom. The average molecular weight is 673 g/mol. The topological polar surface area (TPSA) is 74.2 Å². The summed E-state index contributed by atoms with van der Waals surface area (Å²) in [5.74, 6) is 0. The van der Waals surface area contributed by atoms with E-state index in [1.54, 1.807) is 24.3 Å². The number of rotatable bonds is 9. The lowest BCUT2D eigenvalue weighted by molar-refractivity contribution is -0.166. The van der Waals surface area contributed by atoms with Crippen LogP contribution in [-0.2, 0) is 17.0 Å². The first-order valence-electron chi connectivity index (χ1n) is 13.2. The second-order valence-corrected chi connectivity index (χ2v) is 13.9. The van der Waals surface area contributed by atoms with E-state index >= 15 is 0 Å². The molecule has 0 radical (unpaired) electrons. The van der Waals surface area contributed by atoms with E-state index in [0.717, 1.165) is 25.1 Å². The van der Waals surface area contributed by atoms with Crippen molar-refractivity contribution >= 4 is 35.3 Å². The molecule has 7 rings (SSSR count). The highest BCUT2D eigenvalue weighted by atomic mass is 32.2. The van der Waals surface area contributed by atoms with E-state index in [2.05, 4.69) is 30.7 Å². The molecule has 0 N–H and O–H groups in total. The largest absolute Gasteiger partial charge is 0.442 e. The molecule has 0 aromatic heterocycles. The molecule has 6 nitrogen and oxygen atoms in total. The van der Waals surface area contributed by atoms with E-state index in [9.17, 15) is 26.3 Å². The van der Waals surface area contributed by atoms with Crippen molar-refractivity contribution in [1.29, 1.82) is 0 Å². The molecule has 45 heavy (non-hydrogen) atoms. The van der Waals surface area contributed by atoms with Crippen LogP contribution in [0, 0.1) is 0 Å². The molecule has 0 atom stereocenters. The summed E-state index contributed by atoms with van der Waals surface area (Å²) in [6.07, 6.45) is -9.21. The van der Waals surface area contributed by atoms with Gasteiger partial charge in [-0.15, -0.1) is 20.5 Å². The lowest BCUT2D eigenvalue weighted by atomic mass is 10.0. The predicted molar refractivity (Wildman–Crippen MR) is 156 cm³/mol. The number of hydrogen-bond acceptors (Lipinski definition) is 9. The molecule has 15 heteroatoms. The van der Waals surface area contributed by atoms with Gasteiger partial charge in [0, 0.05) is 46.1 Å². The van der Waals surface area contributed by atoms with Gasteiger partial charge in [-0.1, -0.05) is 71.7 Å². The zero-order valence-electron chi connectivity index (χ0n) is 22.8. The van der Waals surface area contributed by atoms with E-state index in [1.165, 1.54) is 59.6 Å². The zero-order chi connectivity index (χ0) is 31.7. The first kappa shape index (κ1) is 30.0. The zero-order valence-corrected chi connectivity index (χ0v) is 25.3. The molecule has 3 aliphatic rings. The Hall–Kier alpha value is -3.69. The van der Waals surface area contributed by atoms with Crippen LogP contribution in [0.3, 0.4) is 0 Å². The second kappa shape index (κ2) is 10.4. The molecular formula is C30H18F6N6S3. The third-order valence-corrected chi connectivity index (χ3v) is 10.2. The summed E-state index contributed by atoms with van der Waals surface area (Å²) < 4.78 is 80.6. The van der Waals surface area contributed by atoms with Gasteiger partial charge < -0.3 is 0 Å². The normalized spacial score (nSPS) is 18.2. The monoisotopic (exact) mass is 672 g/mol. The summed E-state index contributed by atoms with van der Waals surface area (Å²) in [4.78, 5) is 4.94. The van der Waals surface area contributed by atoms with Crippen LogP contribution in [0.5, 0.6) is 0 Å². The van der Waals surface area contributed by atoms with Gasteiger partial charge in [0.05, 0.1) is 0 Å². The summed E-state index contributed by atoms with van der Waals surface area (Å²) in [6.45, 7) is 1.92. The Balaban J connectivity index is 1.14. The van der Waals surface area contributed by atoms with E-state index in [4.69, 9.17) is 0 Å². The maximum atomic E-state index is 13.4. The Bertz CT molecular complexity index is 1750. The fraction of sp³-hybridized carbons (Fsp3) is 0.200. The average Bonchev–Trinajstić information content (AvgIpc) is 3.85. The molecule has 0 saturated heterocycles. The fourth-order valence-corrected chi connectivity index (χ4v) is 7.53. The van der Waals surface area contributed by atoms with Crippen molar-refractivity contribution in [2.75, 3.05) is 0 Å². The summed E-state index contributed by atoms with van der Waals surface area (Å²) in [5, 5.41) is 21.2. The standard InChI is InChI=1S/C30H18F6N6S3/c1-26(37-38-26)17-2-8-20(9-3-17)43-23-14-24(44-21-10-4-18(5-11-21)27(39-40-27)29(31,32)33)16-25(15-23)45-22-12-6-19(7-13-22)28(41-42-28)30(34,35)36/h2-16H,1H3. The highest BCUT2D eigenvalue weighted by Crippen LogP contribution is 2.54. The molecule has 4 aromatic rings. The van der Waals surface area contributed by atoms with E-state index in [1.807, 2.05) is 49.4 Å². The second-order valence-electron chi connectivity index (χ2n) is 10.5. The molecule has 0 spiro atoms. The van der Waals surface area contributed by atoms with Gasteiger partial charge in [-0.25, -0.2) is 0 Å². The predicted octanol–water partition coefficient (Wildman–Crippen LogP) is 11.1. The lowest BCUT2D eigenvalue weighted by Gasteiger charge is -2.15. The minimum Gasteiger partial charge on any atom is -0.166 e. The van der Waals surface area contributed by atoms with Crippen LogP contribution in [0.15, 0.2) is 151 Å². The minimum absolute atomic E-state index is 0.0495. The first-order chi connectivity index (χ1) is 21.3. The third-order valence-electron chi connectivity index (χ3n) is 7.27. The van der Waals surface area contributed by atoms with Crippen molar-refractivity contribution in [3.05, 3.63) is 108 Å². The first-order valence-corrected chi connectivity index (χ1v) is 15.7. The Labute approximate surface area is 264 Å². The molecular weight excluding hydrogens is 655 g/mol. The lowest BCUT2D eigenvalue weighted by Crippen LogP contribution is -2.29. The SMILES string of the molecule is CC1(c2ccc(Sc3cc(Sc4ccc(C5(C(F)(F)F)N=N5)cc4)cc(Sc4ccc(C5(C(F)(F)F)N=N5)cc4)c3)cc2)N=N1. The van der Waals surface area contributed by atoms with Crippen molar-refractivity contribution in [3.63, 3.8) is 0 Å². The smallest absolute Gasteiger partial charge is 0.166 e. The molecule has 0 amide bonds. The van der Waals surface area contributed by atoms with Crippen LogP contribution in [0.2, 0.25) is 0 Å². The van der Waals surface area contributed by atoms with Gasteiger partial charge in [-0.05, 0) is 61.5 Å². The molecule has 3 heterocycles. The van der Waals surface area contributed by atoms with E-state index in [-0.39, 0.29) is 11.1 Å². The molecule has 228 valence electrons. The summed E-state index contributed by atoms with van der Waals surface area (Å²) in [6, 6.07) is 25.7. The molecule has 0 fully saturated rings. The Morgan fingerprint density at radius 3 is 0.956 bits per heavy atom. The van der Waals surface area contributed by atoms with Gasteiger partial charge >= 0.3 is 23.7 Å². The van der Waals surface area contributed by atoms with Crippen molar-refractivity contribution in [3.8, 4) is 0 Å². The summed E-state index contributed by atoms with van der Waals surface area (Å²) >= 11 is 4.27. The summed E-state index contributed by atoms with van der Waals surface area (Å²) in [5.41, 5.74) is -4.57. The van der Waals surface area contributed by atoms with Crippen LogP contribution >= 0.6 is 35.3 Å². The van der Waals surface area contributed by atoms with Gasteiger partial charge in [-0.3, -0.25) is 0 Å². The molecule has 0 aliphatic carbocycles. The molecule has 4 aromatic carbocycles. The van der Waals surface area contributed by atoms with E-state index in [0.29, 0.717) is 9.79 Å². The van der Waals surface area contributed by atoms with Gasteiger partial charge in [-0.2, -0.15) is 36.6 Å². The third kappa shape index (κ3) is 5.76. The van der Waals surface area contributed by atoms with Crippen LogP contribution in [0.1, 0.15) is 23.6 Å². The number of halogens is 6. The quantitative estimate of drug-likeness (QED) is 0.166. The van der Waals surface area contributed by atoms with Crippen LogP contribution < -0.4 is 0 Å². The summed E-state index contributed by atoms with van der Waals surface area (Å²) in [7, 11) is 0. The molecule has 0 saturated carbocycles. The van der Waals surface area contributed by atoms with Crippen LogP contribution in [-0.4, -0.2) is 12.4 Å². The minimum atomic E-state index is -4.61.